The molecule has 0 radical (unpaired) electrons. The topological polar surface area (TPSA) is 121 Å². The van der Waals surface area contributed by atoms with Gasteiger partial charge >= 0.3 is 5.97 Å². The van der Waals surface area contributed by atoms with E-state index in [4.69, 9.17) is 9.47 Å². The molecule has 1 aliphatic heterocycles. The van der Waals surface area contributed by atoms with Crippen molar-refractivity contribution in [2.24, 2.45) is 0 Å². The predicted octanol–water partition coefficient (Wildman–Crippen LogP) is 1.44. The summed E-state index contributed by atoms with van der Waals surface area (Å²) < 4.78 is 38.4. The second kappa shape index (κ2) is 10.3. The van der Waals surface area contributed by atoms with Crippen LogP contribution in [0.1, 0.15) is 28.7 Å². The quantitative estimate of drug-likeness (QED) is 0.551. The Bertz CT molecular complexity index is 1100. The van der Waals surface area contributed by atoms with Crippen molar-refractivity contribution < 1.29 is 27.5 Å². The number of H-pyrrole nitrogens is 1. The van der Waals surface area contributed by atoms with Gasteiger partial charge < -0.3 is 24.3 Å². The summed E-state index contributed by atoms with van der Waals surface area (Å²) in [5, 5.41) is 0. The number of aromatic amines is 1. The molecule has 0 spiro atoms. The zero-order chi connectivity index (χ0) is 24.2. The van der Waals surface area contributed by atoms with Gasteiger partial charge in [0.25, 0.3) is 0 Å². The second-order valence-electron chi connectivity index (χ2n) is 7.69. The van der Waals surface area contributed by atoms with Gasteiger partial charge in [0, 0.05) is 43.3 Å². The van der Waals surface area contributed by atoms with Crippen molar-refractivity contribution in [1.29, 1.82) is 0 Å². The minimum absolute atomic E-state index is 0.0394. The van der Waals surface area contributed by atoms with E-state index >= 15 is 0 Å². The molecule has 0 bridgehead atoms. The number of benzene rings is 1. The molecule has 180 valence electrons. The number of rotatable bonds is 8. The average molecular weight is 479 g/mol. The molecule has 0 aliphatic carbocycles. The van der Waals surface area contributed by atoms with Crippen LogP contribution in [0.3, 0.4) is 0 Å². The Morgan fingerprint density at radius 3 is 2.27 bits per heavy atom. The number of methoxy groups -OCH3 is 1. The summed E-state index contributed by atoms with van der Waals surface area (Å²) in [6, 6.07) is 7.70. The van der Waals surface area contributed by atoms with Crippen molar-refractivity contribution in [2.45, 2.75) is 25.7 Å². The molecule has 1 saturated heterocycles. The summed E-state index contributed by atoms with van der Waals surface area (Å²) in [5.41, 5.74) is 1.70. The number of aryl methyl sites for hydroxylation is 2. The fraction of sp³-hybridized carbons (Fsp3) is 0.455. The average Bonchev–Trinajstić information content (AvgIpc) is 3.12. The number of nitrogens with zero attached hydrogens (tertiary/aromatic N) is 2. The molecule has 2 heterocycles. The maximum absolute atomic E-state index is 12.9. The molecule has 1 amide bonds. The minimum atomic E-state index is -4.11. The molecule has 1 aliphatic rings. The van der Waals surface area contributed by atoms with Gasteiger partial charge in [-0.1, -0.05) is 0 Å². The smallest absolute Gasteiger partial charge is 0.341 e. The van der Waals surface area contributed by atoms with Crippen LogP contribution in [0.15, 0.2) is 29.2 Å². The Kier molecular flexibility index (Phi) is 7.65. The van der Waals surface area contributed by atoms with Crippen LogP contribution in [0.5, 0.6) is 5.75 Å². The molecule has 11 heteroatoms. The van der Waals surface area contributed by atoms with Gasteiger partial charge in [0.1, 0.15) is 16.2 Å². The third-order valence-corrected chi connectivity index (χ3v) is 7.12. The first-order valence-corrected chi connectivity index (χ1v) is 12.2. The lowest BCUT2D eigenvalue weighted by atomic mass is 10.2. The number of amides is 1. The lowest BCUT2D eigenvalue weighted by Gasteiger charge is -2.36. The molecule has 1 aromatic heterocycles. The molecule has 0 saturated carbocycles. The standard InChI is InChI=1S/C22H30N4O6S/c1-5-32-22(28)20-15(2)24-16(3)21(20)33(29,30)23-14-19(27)26-12-10-25(11-13-26)17-6-8-18(31-4)9-7-17/h6-9,23-24H,5,10-14H2,1-4H3. The minimum Gasteiger partial charge on any atom is -0.497 e. The van der Waals surface area contributed by atoms with Crippen molar-refractivity contribution in [3.63, 3.8) is 0 Å². The number of esters is 1. The Morgan fingerprint density at radius 2 is 1.70 bits per heavy atom. The predicted molar refractivity (Wildman–Crippen MR) is 123 cm³/mol. The molecule has 3 rings (SSSR count). The molecule has 0 unspecified atom stereocenters. The lowest BCUT2D eigenvalue weighted by Crippen LogP contribution is -2.51. The number of piperazine rings is 1. The highest BCUT2D eigenvalue weighted by Gasteiger charge is 2.31. The number of carbonyl (C=O) groups is 2. The summed E-state index contributed by atoms with van der Waals surface area (Å²) in [7, 11) is -2.50. The van der Waals surface area contributed by atoms with E-state index in [9.17, 15) is 18.0 Å². The fourth-order valence-electron chi connectivity index (χ4n) is 3.89. The van der Waals surface area contributed by atoms with E-state index in [-0.39, 0.29) is 23.0 Å². The zero-order valence-corrected chi connectivity index (χ0v) is 20.1. The number of carbonyl (C=O) groups excluding carboxylic acids is 2. The van der Waals surface area contributed by atoms with Crippen molar-refractivity contribution in [3.05, 3.63) is 41.2 Å². The van der Waals surface area contributed by atoms with Crippen molar-refractivity contribution in [3.8, 4) is 5.75 Å². The van der Waals surface area contributed by atoms with Crippen LogP contribution in [0.2, 0.25) is 0 Å². The molecule has 1 aromatic carbocycles. The van der Waals surface area contributed by atoms with Gasteiger partial charge in [0.2, 0.25) is 15.9 Å². The number of sulfonamides is 1. The SMILES string of the molecule is CCOC(=O)c1c(C)[nH]c(C)c1S(=O)(=O)NCC(=O)N1CCN(c2ccc(OC)cc2)CC1. The fourth-order valence-corrected chi connectivity index (χ4v) is 5.31. The number of ether oxygens (including phenoxy) is 2. The van der Waals surface area contributed by atoms with E-state index < -0.39 is 22.5 Å². The normalized spacial score (nSPS) is 14.3. The Morgan fingerprint density at radius 1 is 1.06 bits per heavy atom. The third kappa shape index (κ3) is 5.48. The van der Waals surface area contributed by atoms with E-state index in [1.807, 2.05) is 24.3 Å². The van der Waals surface area contributed by atoms with Crippen LogP contribution in [0.4, 0.5) is 5.69 Å². The van der Waals surface area contributed by atoms with Gasteiger partial charge in [-0.2, -0.15) is 0 Å². The molecule has 2 aromatic rings. The van der Waals surface area contributed by atoms with Gasteiger partial charge in [-0.05, 0) is 45.0 Å². The van der Waals surface area contributed by atoms with Crippen molar-refractivity contribution in [2.75, 3.05) is 51.3 Å². The van der Waals surface area contributed by atoms with E-state index in [1.54, 1.807) is 32.8 Å². The van der Waals surface area contributed by atoms with Crippen molar-refractivity contribution >= 4 is 27.6 Å². The van der Waals surface area contributed by atoms with Crippen LogP contribution >= 0.6 is 0 Å². The van der Waals surface area contributed by atoms with E-state index in [0.717, 1.165) is 11.4 Å². The summed E-state index contributed by atoms with van der Waals surface area (Å²) in [6.07, 6.45) is 0. The lowest BCUT2D eigenvalue weighted by molar-refractivity contribution is -0.130. The van der Waals surface area contributed by atoms with E-state index in [0.29, 0.717) is 37.6 Å². The number of aromatic nitrogens is 1. The number of hydrogen-bond donors (Lipinski definition) is 2. The highest BCUT2D eigenvalue weighted by atomic mass is 32.2. The summed E-state index contributed by atoms with van der Waals surface area (Å²) in [4.78, 5) is 31.4. The monoisotopic (exact) mass is 478 g/mol. The molecular formula is C22H30N4O6S. The summed E-state index contributed by atoms with van der Waals surface area (Å²) in [6.45, 7) is 6.75. The van der Waals surface area contributed by atoms with Gasteiger partial charge in [-0.15, -0.1) is 0 Å². The molecule has 0 atom stereocenters. The Hall–Kier alpha value is -3.05. The second-order valence-corrected chi connectivity index (χ2v) is 9.39. The van der Waals surface area contributed by atoms with Gasteiger partial charge in [0.05, 0.1) is 20.3 Å². The van der Waals surface area contributed by atoms with Crippen molar-refractivity contribution in [1.82, 2.24) is 14.6 Å². The summed E-state index contributed by atoms with van der Waals surface area (Å²) in [5.74, 6) is -0.268. The molecule has 10 nitrogen and oxygen atoms in total. The van der Waals surface area contributed by atoms with E-state index in [2.05, 4.69) is 14.6 Å². The number of hydrogen-bond acceptors (Lipinski definition) is 7. The first-order valence-electron chi connectivity index (χ1n) is 10.7. The van der Waals surface area contributed by atoms with Gasteiger partial charge in [-0.3, -0.25) is 4.79 Å². The van der Waals surface area contributed by atoms with Crippen LogP contribution in [0.25, 0.3) is 0 Å². The van der Waals surface area contributed by atoms with Gasteiger partial charge in [0.15, 0.2) is 0 Å². The first-order chi connectivity index (χ1) is 15.7. The Labute approximate surface area is 193 Å². The summed E-state index contributed by atoms with van der Waals surface area (Å²) >= 11 is 0. The molecule has 2 N–H and O–H groups in total. The largest absolute Gasteiger partial charge is 0.497 e. The third-order valence-electron chi connectivity index (χ3n) is 5.55. The number of nitrogens with one attached hydrogen (secondary N) is 2. The van der Waals surface area contributed by atoms with Crippen LogP contribution < -0.4 is 14.4 Å². The van der Waals surface area contributed by atoms with Crippen LogP contribution in [-0.4, -0.2) is 76.6 Å². The van der Waals surface area contributed by atoms with E-state index in [1.165, 1.54) is 0 Å². The van der Waals surface area contributed by atoms with Crippen LogP contribution in [-0.2, 0) is 19.6 Å². The highest BCUT2D eigenvalue weighted by Crippen LogP contribution is 2.25. The molecule has 33 heavy (non-hydrogen) atoms. The highest BCUT2D eigenvalue weighted by molar-refractivity contribution is 7.89. The van der Waals surface area contributed by atoms with Gasteiger partial charge in [-0.25, -0.2) is 17.9 Å². The maximum atomic E-state index is 12.9. The first kappa shape index (κ1) is 24.6. The number of anilines is 1. The Balaban J connectivity index is 1.61. The maximum Gasteiger partial charge on any atom is 0.341 e. The molecule has 1 fully saturated rings. The zero-order valence-electron chi connectivity index (χ0n) is 19.3. The molecular weight excluding hydrogens is 448 g/mol. The van der Waals surface area contributed by atoms with Crippen LogP contribution in [0, 0.1) is 13.8 Å².